The van der Waals surface area contributed by atoms with Crippen LogP contribution in [-0.4, -0.2) is 47.2 Å². The molecule has 6 heteroatoms. The fraction of sp³-hybridized carbons (Fsp3) is 0.444. The van der Waals surface area contributed by atoms with Gasteiger partial charge in [-0.25, -0.2) is 4.79 Å². The molecule has 2 amide bonds. The number of likely N-dealkylation sites (tertiary alicyclic amines) is 1. The number of urea groups is 1. The van der Waals surface area contributed by atoms with Crippen LogP contribution in [-0.2, 0) is 13.1 Å². The fourth-order valence-corrected chi connectivity index (χ4v) is 3.03. The highest BCUT2D eigenvalue weighted by Crippen LogP contribution is 2.14. The van der Waals surface area contributed by atoms with Gasteiger partial charge in [0, 0.05) is 38.8 Å². The normalized spacial score (nSPS) is 17.8. The predicted molar refractivity (Wildman–Crippen MR) is 91.4 cm³/mol. The highest BCUT2D eigenvalue weighted by molar-refractivity contribution is 5.74. The Kier molecular flexibility index (Phi) is 5.15. The molecule has 0 radical (unpaired) electrons. The van der Waals surface area contributed by atoms with Gasteiger partial charge in [-0.3, -0.25) is 4.90 Å². The molecule has 1 aromatic carbocycles. The molecule has 6 nitrogen and oxygen atoms in total. The third-order valence-electron chi connectivity index (χ3n) is 4.27. The van der Waals surface area contributed by atoms with E-state index in [9.17, 15) is 4.79 Å². The number of carbonyl (C=O) groups is 1. The van der Waals surface area contributed by atoms with Gasteiger partial charge in [0.1, 0.15) is 11.5 Å². The molecule has 1 aromatic heterocycles. The van der Waals surface area contributed by atoms with Crippen molar-refractivity contribution < 1.29 is 9.32 Å². The second kappa shape index (κ2) is 7.49. The maximum Gasteiger partial charge on any atom is 0.317 e. The number of nitrogens with one attached hydrogen (secondary N) is 1. The molecule has 2 heterocycles. The van der Waals surface area contributed by atoms with E-state index in [-0.39, 0.29) is 12.1 Å². The molecule has 0 bridgehead atoms. The Morgan fingerprint density at radius 3 is 2.92 bits per heavy atom. The number of hydrogen-bond donors (Lipinski definition) is 1. The molecule has 2 aromatic rings. The van der Waals surface area contributed by atoms with Crippen molar-refractivity contribution in [1.82, 2.24) is 20.3 Å². The van der Waals surface area contributed by atoms with Gasteiger partial charge in [-0.15, -0.1) is 0 Å². The van der Waals surface area contributed by atoms with Crippen LogP contribution in [0.4, 0.5) is 4.79 Å². The molecule has 0 aliphatic carbocycles. The van der Waals surface area contributed by atoms with Crippen LogP contribution in [0, 0.1) is 6.92 Å². The second-order valence-electron chi connectivity index (χ2n) is 6.44. The molecule has 1 aliphatic rings. The highest BCUT2D eigenvalue weighted by Gasteiger charge is 2.25. The van der Waals surface area contributed by atoms with Gasteiger partial charge in [0.05, 0.1) is 6.54 Å². The largest absolute Gasteiger partial charge is 0.361 e. The van der Waals surface area contributed by atoms with Crippen LogP contribution in [0.15, 0.2) is 40.9 Å². The van der Waals surface area contributed by atoms with E-state index < -0.39 is 0 Å². The van der Waals surface area contributed by atoms with Crippen molar-refractivity contribution in [2.24, 2.45) is 0 Å². The molecule has 0 spiro atoms. The Morgan fingerprint density at radius 1 is 1.42 bits per heavy atom. The zero-order chi connectivity index (χ0) is 16.9. The molecule has 1 aliphatic heterocycles. The first-order valence-electron chi connectivity index (χ1n) is 8.30. The summed E-state index contributed by atoms with van der Waals surface area (Å²) in [5.41, 5.74) is 2.07. The topological polar surface area (TPSA) is 61.6 Å². The number of amides is 2. The minimum atomic E-state index is -0.0674. The Labute approximate surface area is 142 Å². The van der Waals surface area contributed by atoms with Crippen molar-refractivity contribution in [2.75, 3.05) is 20.1 Å². The third-order valence-corrected chi connectivity index (χ3v) is 4.27. The average molecular weight is 328 g/mol. The Balaban J connectivity index is 1.45. The minimum absolute atomic E-state index is 0.0674. The molecule has 3 rings (SSSR count). The van der Waals surface area contributed by atoms with Gasteiger partial charge in [-0.05, 0) is 18.9 Å². The average Bonchev–Trinajstić information content (AvgIpc) is 3.17. The van der Waals surface area contributed by atoms with Crippen LogP contribution in [0.2, 0.25) is 0 Å². The lowest BCUT2D eigenvalue weighted by Crippen LogP contribution is -2.43. The summed E-state index contributed by atoms with van der Waals surface area (Å²) in [5.74, 6) is 0.756. The van der Waals surface area contributed by atoms with Gasteiger partial charge in [-0.1, -0.05) is 35.5 Å². The molecule has 1 fully saturated rings. The van der Waals surface area contributed by atoms with Gasteiger partial charge >= 0.3 is 6.03 Å². The minimum Gasteiger partial charge on any atom is -0.361 e. The van der Waals surface area contributed by atoms with Crippen molar-refractivity contribution in [1.29, 1.82) is 0 Å². The van der Waals surface area contributed by atoms with E-state index in [1.807, 2.05) is 19.1 Å². The standard InChI is InChI=1S/C18H24N4O2/c1-14-10-17(20-24-14)12-21(2)18(23)19-16-8-9-22(13-16)11-15-6-4-3-5-7-15/h3-7,10,16H,8-9,11-13H2,1-2H3,(H,19,23)/t16-/m0/s1. The van der Waals surface area contributed by atoms with E-state index in [2.05, 4.69) is 39.6 Å². The summed E-state index contributed by atoms with van der Waals surface area (Å²) in [6.07, 6.45) is 0.982. The zero-order valence-electron chi connectivity index (χ0n) is 14.2. The van der Waals surface area contributed by atoms with Gasteiger partial charge in [0.2, 0.25) is 0 Å². The first-order chi connectivity index (χ1) is 11.6. The van der Waals surface area contributed by atoms with Crippen LogP contribution >= 0.6 is 0 Å². The molecule has 0 unspecified atom stereocenters. The maximum absolute atomic E-state index is 12.3. The monoisotopic (exact) mass is 328 g/mol. The van der Waals surface area contributed by atoms with Crippen LogP contribution in [0.1, 0.15) is 23.4 Å². The smallest absolute Gasteiger partial charge is 0.317 e. The SMILES string of the molecule is Cc1cc(CN(C)C(=O)N[C@H]2CCN(Cc3ccccc3)C2)no1. The van der Waals surface area contributed by atoms with Crippen molar-refractivity contribution in [3.63, 3.8) is 0 Å². The number of nitrogens with zero attached hydrogens (tertiary/aromatic N) is 3. The van der Waals surface area contributed by atoms with Gasteiger partial charge in [0.15, 0.2) is 0 Å². The first kappa shape index (κ1) is 16.5. The zero-order valence-corrected chi connectivity index (χ0v) is 14.2. The summed E-state index contributed by atoms with van der Waals surface area (Å²) in [6.45, 7) is 5.12. The number of hydrogen-bond acceptors (Lipinski definition) is 4. The summed E-state index contributed by atoms with van der Waals surface area (Å²) < 4.78 is 5.03. The van der Waals surface area contributed by atoms with Crippen LogP contribution in [0.5, 0.6) is 0 Å². The van der Waals surface area contributed by atoms with Crippen LogP contribution < -0.4 is 5.32 Å². The maximum atomic E-state index is 12.3. The summed E-state index contributed by atoms with van der Waals surface area (Å²) in [5, 5.41) is 7.03. The van der Waals surface area contributed by atoms with Crippen molar-refractivity contribution in [3.8, 4) is 0 Å². The lowest BCUT2D eigenvalue weighted by atomic mass is 10.2. The van der Waals surface area contributed by atoms with Gasteiger partial charge in [-0.2, -0.15) is 0 Å². The number of carbonyl (C=O) groups excluding carboxylic acids is 1. The summed E-state index contributed by atoms with van der Waals surface area (Å²) in [6, 6.07) is 12.4. The lowest BCUT2D eigenvalue weighted by Gasteiger charge is -2.21. The molecule has 1 atom stereocenters. The molecule has 1 saturated heterocycles. The molecule has 128 valence electrons. The van der Waals surface area contributed by atoms with Crippen LogP contribution in [0.25, 0.3) is 0 Å². The van der Waals surface area contributed by atoms with E-state index in [4.69, 9.17) is 4.52 Å². The van der Waals surface area contributed by atoms with E-state index >= 15 is 0 Å². The van der Waals surface area contributed by atoms with Crippen molar-refractivity contribution in [3.05, 3.63) is 53.4 Å². The van der Waals surface area contributed by atoms with E-state index in [1.54, 1.807) is 11.9 Å². The number of benzene rings is 1. The molecule has 24 heavy (non-hydrogen) atoms. The van der Waals surface area contributed by atoms with E-state index in [0.717, 1.165) is 37.5 Å². The second-order valence-corrected chi connectivity index (χ2v) is 6.44. The Morgan fingerprint density at radius 2 is 2.21 bits per heavy atom. The number of aromatic nitrogens is 1. The Bertz CT molecular complexity index is 671. The third kappa shape index (κ3) is 4.35. The molecular formula is C18H24N4O2. The summed E-state index contributed by atoms with van der Waals surface area (Å²) >= 11 is 0. The Hall–Kier alpha value is -2.34. The van der Waals surface area contributed by atoms with E-state index in [1.165, 1.54) is 5.56 Å². The quantitative estimate of drug-likeness (QED) is 0.915. The van der Waals surface area contributed by atoms with Crippen molar-refractivity contribution >= 4 is 6.03 Å². The summed E-state index contributed by atoms with van der Waals surface area (Å²) in [7, 11) is 1.77. The van der Waals surface area contributed by atoms with Crippen molar-refractivity contribution in [2.45, 2.75) is 32.5 Å². The summed E-state index contributed by atoms with van der Waals surface area (Å²) in [4.78, 5) is 16.3. The molecule has 1 N–H and O–H groups in total. The van der Waals surface area contributed by atoms with Gasteiger partial charge < -0.3 is 14.7 Å². The fourth-order valence-electron chi connectivity index (χ4n) is 3.03. The number of rotatable bonds is 5. The highest BCUT2D eigenvalue weighted by atomic mass is 16.5. The molecule has 0 saturated carbocycles. The van der Waals surface area contributed by atoms with Crippen LogP contribution in [0.3, 0.4) is 0 Å². The molecular weight excluding hydrogens is 304 g/mol. The first-order valence-corrected chi connectivity index (χ1v) is 8.30. The lowest BCUT2D eigenvalue weighted by molar-refractivity contribution is 0.201. The van der Waals surface area contributed by atoms with Gasteiger partial charge in [0.25, 0.3) is 0 Å². The number of aryl methyl sites for hydroxylation is 1. The van der Waals surface area contributed by atoms with E-state index in [0.29, 0.717) is 6.54 Å². The predicted octanol–water partition coefficient (Wildman–Crippen LogP) is 2.40.